The Kier molecular flexibility index (Phi) is 8.93. The Balaban J connectivity index is 1.09. The van der Waals surface area contributed by atoms with Crippen LogP contribution < -0.4 is 10.1 Å². The first-order chi connectivity index (χ1) is 24.3. The van der Waals surface area contributed by atoms with Gasteiger partial charge in [-0.15, -0.1) is 0 Å². The molecule has 0 radical (unpaired) electrons. The Morgan fingerprint density at radius 3 is 2.60 bits per heavy atom. The van der Waals surface area contributed by atoms with Crippen molar-refractivity contribution in [2.24, 2.45) is 0 Å². The second-order valence-electron chi connectivity index (χ2n) is 14.8. The van der Waals surface area contributed by atoms with Crippen LogP contribution in [0.2, 0.25) is 5.02 Å². The Hall–Kier alpha value is -3.80. The molecule has 4 aliphatic rings. The third kappa shape index (κ3) is 5.90. The molecule has 1 saturated carbocycles. The van der Waals surface area contributed by atoms with E-state index in [1.54, 1.807) is 17.2 Å². The van der Waals surface area contributed by atoms with Crippen molar-refractivity contribution < 1.29 is 18.7 Å². The van der Waals surface area contributed by atoms with Gasteiger partial charge >= 0.3 is 12.1 Å². The van der Waals surface area contributed by atoms with Crippen LogP contribution in [-0.4, -0.2) is 106 Å². The van der Waals surface area contributed by atoms with Crippen LogP contribution in [0.15, 0.2) is 42.6 Å². The van der Waals surface area contributed by atoms with Crippen molar-refractivity contribution >= 4 is 45.2 Å². The van der Waals surface area contributed by atoms with Gasteiger partial charge in [-0.3, -0.25) is 9.88 Å². The van der Waals surface area contributed by atoms with Crippen molar-refractivity contribution in [1.29, 1.82) is 0 Å². The zero-order chi connectivity index (χ0) is 34.5. The molecule has 10 nitrogen and oxygen atoms in total. The number of fused-ring (bicyclic) bond motifs is 3. The van der Waals surface area contributed by atoms with Crippen LogP contribution in [0.3, 0.4) is 0 Å². The average molecular weight is 702 g/mol. The van der Waals surface area contributed by atoms with Crippen molar-refractivity contribution in [2.75, 3.05) is 58.8 Å². The highest BCUT2D eigenvalue weighted by molar-refractivity contribution is 6.36. The molecule has 1 amide bonds. The Morgan fingerprint density at radius 1 is 1.04 bits per heavy atom. The zero-order valence-corrected chi connectivity index (χ0v) is 29.6. The number of nitrogens with one attached hydrogen (secondary N) is 1. The number of halogens is 2. The monoisotopic (exact) mass is 701 g/mol. The van der Waals surface area contributed by atoms with E-state index < -0.39 is 5.82 Å². The first kappa shape index (κ1) is 33.3. The van der Waals surface area contributed by atoms with Gasteiger partial charge in [0, 0.05) is 53.4 Å². The van der Waals surface area contributed by atoms with Gasteiger partial charge in [0.05, 0.1) is 10.9 Å². The Morgan fingerprint density at radius 2 is 1.84 bits per heavy atom. The second kappa shape index (κ2) is 13.4. The van der Waals surface area contributed by atoms with Crippen LogP contribution >= 0.6 is 11.6 Å². The highest BCUT2D eigenvalue weighted by atomic mass is 35.5. The van der Waals surface area contributed by atoms with E-state index in [9.17, 15) is 4.79 Å². The van der Waals surface area contributed by atoms with Crippen molar-refractivity contribution in [2.45, 2.75) is 74.9 Å². The fraction of sp³-hybridized carbons (Fsp3) is 0.526. The number of carbonyl (C=O) groups is 1. The number of pyridine rings is 1. The summed E-state index contributed by atoms with van der Waals surface area (Å²) in [6, 6.07) is 11.6. The minimum absolute atomic E-state index is 0.00428. The third-order valence-electron chi connectivity index (χ3n) is 11.9. The maximum atomic E-state index is 16.8. The van der Waals surface area contributed by atoms with Gasteiger partial charge in [0.2, 0.25) is 0 Å². The molecule has 0 spiro atoms. The molecule has 2 atom stereocenters. The summed E-state index contributed by atoms with van der Waals surface area (Å²) in [6.45, 7) is 3.88. The molecule has 2 aromatic heterocycles. The predicted octanol–water partition coefficient (Wildman–Crippen LogP) is 7.14. The number of nitrogens with zero attached hydrogens (tertiary/aromatic N) is 6. The molecule has 4 fully saturated rings. The molecule has 2 aromatic carbocycles. The van der Waals surface area contributed by atoms with Gasteiger partial charge in [0.25, 0.3) is 0 Å². The molecule has 1 aliphatic carbocycles. The fourth-order valence-corrected chi connectivity index (χ4v) is 8.96. The summed E-state index contributed by atoms with van der Waals surface area (Å²) in [5.74, 6) is -0.0384. The van der Waals surface area contributed by atoms with E-state index in [0.29, 0.717) is 41.5 Å². The number of benzene rings is 2. The van der Waals surface area contributed by atoms with Gasteiger partial charge in [-0.25, -0.2) is 9.18 Å². The van der Waals surface area contributed by atoms with Crippen LogP contribution in [0.5, 0.6) is 6.01 Å². The average Bonchev–Trinajstić information content (AvgIpc) is 3.85. The first-order valence-electron chi connectivity index (χ1n) is 18.0. The molecular formula is C38H45ClFN7O3. The number of likely N-dealkylation sites (tertiary alicyclic amines) is 1. The van der Waals surface area contributed by atoms with E-state index >= 15 is 4.39 Å². The molecule has 5 heterocycles. The van der Waals surface area contributed by atoms with E-state index in [2.05, 4.69) is 34.2 Å². The van der Waals surface area contributed by atoms with Gasteiger partial charge in [-0.1, -0.05) is 41.9 Å². The molecule has 4 aromatic rings. The van der Waals surface area contributed by atoms with Crippen LogP contribution in [0, 0.1) is 5.82 Å². The molecular weight excluding hydrogens is 657 g/mol. The van der Waals surface area contributed by atoms with E-state index in [-0.39, 0.29) is 40.4 Å². The SMILES string of the molecule is CN(C)C1(CNc2nc(OCC34CCCN3[C@@H](COC(=O)N3CCCC3)CC4)nc3c(F)c(-c4cccc5cccc(Cl)c45)ncc23)CCC1. The van der Waals surface area contributed by atoms with Crippen LogP contribution in [0.1, 0.15) is 57.8 Å². The summed E-state index contributed by atoms with van der Waals surface area (Å²) < 4.78 is 29.0. The molecule has 50 heavy (non-hydrogen) atoms. The summed E-state index contributed by atoms with van der Waals surface area (Å²) in [6.07, 6.45) is 10.7. The van der Waals surface area contributed by atoms with Crippen molar-refractivity contribution in [3.8, 4) is 17.3 Å². The molecule has 0 bridgehead atoms. The van der Waals surface area contributed by atoms with Gasteiger partial charge < -0.3 is 24.6 Å². The summed E-state index contributed by atoms with van der Waals surface area (Å²) >= 11 is 6.64. The molecule has 12 heteroatoms. The predicted molar refractivity (Wildman–Crippen MR) is 193 cm³/mol. The van der Waals surface area contributed by atoms with Gasteiger partial charge in [-0.2, -0.15) is 9.97 Å². The van der Waals surface area contributed by atoms with Gasteiger partial charge in [0.1, 0.15) is 30.2 Å². The third-order valence-corrected chi connectivity index (χ3v) is 12.2. The maximum Gasteiger partial charge on any atom is 0.409 e. The molecule has 8 rings (SSSR count). The molecule has 1 N–H and O–H groups in total. The lowest BCUT2D eigenvalue weighted by Crippen LogP contribution is -2.54. The highest BCUT2D eigenvalue weighted by Gasteiger charge is 2.50. The normalized spacial score (nSPS) is 23.1. The minimum atomic E-state index is -0.544. The smallest absolute Gasteiger partial charge is 0.409 e. The second-order valence-corrected chi connectivity index (χ2v) is 15.2. The summed E-state index contributed by atoms with van der Waals surface area (Å²) in [7, 11) is 4.20. The number of likely N-dealkylation sites (N-methyl/N-ethyl adjacent to an activating group) is 1. The lowest BCUT2D eigenvalue weighted by atomic mass is 9.75. The Labute approximate surface area is 297 Å². The van der Waals surface area contributed by atoms with Crippen molar-refractivity contribution in [3.05, 3.63) is 53.4 Å². The number of rotatable bonds is 10. The molecule has 3 saturated heterocycles. The molecule has 264 valence electrons. The Bertz CT molecular complexity index is 1910. The van der Waals surface area contributed by atoms with Crippen LogP contribution in [0.25, 0.3) is 32.9 Å². The maximum absolute atomic E-state index is 16.8. The van der Waals surface area contributed by atoms with E-state index in [1.165, 1.54) is 6.42 Å². The summed E-state index contributed by atoms with van der Waals surface area (Å²) in [5.41, 5.74) is 0.729. The zero-order valence-electron chi connectivity index (χ0n) is 28.9. The number of aromatic nitrogens is 3. The van der Waals surface area contributed by atoms with Crippen LogP contribution in [0.4, 0.5) is 15.0 Å². The first-order valence-corrected chi connectivity index (χ1v) is 18.4. The molecule has 1 unspecified atom stereocenters. The van der Waals surface area contributed by atoms with E-state index in [0.717, 1.165) is 81.8 Å². The number of ether oxygens (including phenoxy) is 2. The number of hydrogen-bond acceptors (Lipinski definition) is 9. The largest absolute Gasteiger partial charge is 0.461 e. The highest BCUT2D eigenvalue weighted by Crippen LogP contribution is 2.43. The quantitative estimate of drug-likeness (QED) is 0.185. The van der Waals surface area contributed by atoms with E-state index in [1.807, 2.05) is 30.3 Å². The van der Waals surface area contributed by atoms with Crippen LogP contribution in [-0.2, 0) is 4.74 Å². The fourth-order valence-electron chi connectivity index (χ4n) is 8.68. The molecule has 3 aliphatic heterocycles. The lowest BCUT2D eigenvalue weighted by molar-refractivity contribution is 0.0463. The summed E-state index contributed by atoms with van der Waals surface area (Å²) in [5, 5.41) is 6.22. The van der Waals surface area contributed by atoms with E-state index in [4.69, 9.17) is 31.0 Å². The van der Waals surface area contributed by atoms with Gasteiger partial charge in [0.15, 0.2) is 5.82 Å². The number of hydrogen-bond donors (Lipinski definition) is 1. The standard InChI is InChI=1S/C38H45ClFN7O3/c1-45(2)37(14-7-15-37)23-42-34-28-21-41-32(27-11-5-9-25-10-6-12-29(39)30(25)27)31(40)33(28)43-35(44-34)50-24-38-16-8-20-47(38)26(13-17-38)22-49-36(48)46-18-3-4-19-46/h5-6,9-12,21,26H,3-4,7-8,13-20,22-24H2,1-2H3,(H,42,43,44)/t26-,38?/m1/s1. The van der Waals surface area contributed by atoms with Crippen molar-refractivity contribution in [1.82, 2.24) is 29.7 Å². The number of amides is 1. The van der Waals surface area contributed by atoms with Crippen molar-refractivity contribution in [3.63, 3.8) is 0 Å². The number of anilines is 1. The number of carbonyl (C=O) groups excluding carboxylic acids is 1. The topological polar surface area (TPSA) is 96.0 Å². The lowest BCUT2D eigenvalue weighted by Gasteiger charge is -2.47. The minimum Gasteiger partial charge on any atom is -0.461 e. The van der Waals surface area contributed by atoms with Gasteiger partial charge in [-0.05, 0) is 89.9 Å². The summed E-state index contributed by atoms with van der Waals surface area (Å²) in [4.78, 5) is 33.3.